The minimum absolute atomic E-state index is 0.335. The highest BCUT2D eigenvalue weighted by Gasteiger charge is 2.10. The summed E-state index contributed by atoms with van der Waals surface area (Å²) in [7, 11) is 0. The number of carbonyl (C=O) groups excluding carboxylic acids is 1. The van der Waals surface area contributed by atoms with Crippen molar-refractivity contribution in [2.24, 2.45) is 0 Å². The lowest BCUT2D eigenvalue weighted by molar-refractivity contribution is 0.112. The highest BCUT2D eigenvalue weighted by Crippen LogP contribution is 2.10. The van der Waals surface area contributed by atoms with E-state index in [1.54, 1.807) is 11.6 Å². The fraction of sp³-hybridized carbons (Fsp3) is 0.600. The van der Waals surface area contributed by atoms with Gasteiger partial charge in [-0.15, -0.1) is 0 Å². The SMILES string of the molecule is Cc1nn(CCC(C)O)c(C)c1C=O. The number of aromatic nitrogens is 2. The molecule has 0 aliphatic rings. The van der Waals surface area contributed by atoms with Crippen LogP contribution < -0.4 is 0 Å². The summed E-state index contributed by atoms with van der Waals surface area (Å²) >= 11 is 0. The molecule has 0 spiro atoms. The number of carbonyl (C=O) groups is 1. The van der Waals surface area contributed by atoms with Crippen LogP contribution in [0.2, 0.25) is 0 Å². The van der Waals surface area contributed by atoms with E-state index >= 15 is 0 Å². The van der Waals surface area contributed by atoms with Gasteiger partial charge in [0.15, 0.2) is 6.29 Å². The van der Waals surface area contributed by atoms with Gasteiger partial charge in [-0.05, 0) is 27.2 Å². The van der Waals surface area contributed by atoms with Crippen LogP contribution in [0.3, 0.4) is 0 Å². The van der Waals surface area contributed by atoms with E-state index in [1.165, 1.54) is 0 Å². The van der Waals surface area contributed by atoms with E-state index in [-0.39, 0.29) is 6.10 Å². The number of hydrogen-bond acceptors (Lipinski definition) is 3. The van der Waals surface area contributed by atoms with Gasteiger partial charge in [0.25, 0.3) is 0 Å². The largest absolute Gasteiger partial charge is 0.393 e. The second-order valence-corrected chi connectivity index (χ2v) is 3.56. The first kappa shape index (κ1) is 10.9. The van der Waals surface area contributed by atoms with Crippen LogP contribution in [-0.2, 0) is 6.54 Å². The van der Waals surface area contributed by atoms with Crippen molar-refractivity contribution in [1.29, 1.82) is 0 Å². The Kier molecular flexibility index (Phi) is 3.41. The van der Waals surface area contributed by atoms with E-state index in [1.807, 2.05) is 13.8 Å². The number of aliphatic hydroxyl groups is 1. The van der Waals surface area contributed by atoms with Gasteiger partial charge in [0.05, 0.1) is 17.4 Å². The van der Waals surface area contributed by atoms with E-state index in [2.05, 4.69) is 5.10 Å². The maximum absolute atomic E-state index is 10.7. The maximum Gasteiger partial charge on any atom is 0.153 e. The molecule has 0 radical (unpaired) electrons. The van der Waals surface area contributed by atoms with Crippen LogP contribution in [0, 0.1) is 13.8 Å². The monoisotopic (exact) mass is 196 g/mol. The molecular weight excluding hydrogens is 180 g/mol. The summed E-state index contributed by atoms with van der Waals surface area (Å²) in [6.45, 7) is 6.08. The summed E-state index contributed by atoms with van der Waals surface area (Å²) in [5, 5.41) is 13.4. The molecule has 0 saturated carbocycles. The third-order valence-electron chi connectivity index (χ3n) is 2.31. The molecule has 1 aromatic rings. The van der Waals surface area contributed by atoms with E-state index < -0.39 is 0 Å². The second-order valence-electron chi connectivity index (χ2n) is 3.56. The molecule has 1 N–H and O–H groups in total. The van der Waals surface area contributed by atoms with Crippen molar-refractivity contribution in [2.45, 2.75) is 39.8 Å². The zero-order chi connectivity index (χ0) is 10.7. The Hall–Kier alpha value is -1.16. The molecule has 0 fully saturated rings. The Morgan fingerprint density at radius 3 is 2.64 bits per heavy atom. The maximum atomic E-state index is 10.7. The van der Waals surface area contributed by atoms with Gasteiger partial charge in [0.1, 0.15) is 0 Å². The van der Waals surface area contributed by atoms with Crippen LogP contribution in [0.4, 0.5) is 0 Å². The lowest BCUT2D eigenvalue weighted by Gasteiger charge is -2.05. The molecule has 0 amide bonds. The minimum atomic E-state index is -0.335. The molecule has 14 heavy (non-hydrogen) atoms. The van der Waals surface area contributed by atoms with E-state index in [0.29, 0.717) is 18.5 Å². The molecule has 0 aliphatic heterocycles. The average molecular weight is 196 g/mol. The molecule has 0 saturated heterocycles. The summed E-state index contributed by atoms with van der Waals surface area (Å²) in [5.41, 5.74) is 2.29. The van der Waals surface area contributed by atoms with Crippen molar-refractivity contribution in [3.8, 4) is 0 Å². The Morgan fingerprint density at radius 2 is 2.21 bits per heavy atom. The first-order valence-corrected chi connectivity index (χ1v) is 4.73. The van der Waals surface area contributed by atoms with E-state index in [9.17, 15) is 4.79 Å². The van der Waals surface area contributed by atoms with Gasteiger partial charge in [-0.1, -0.05) is 0 Å². The van der Waals surface area contributed by atoms with Crippen molar-refractivity contribution in [3.63, 3.8) is 0 Å². The highest BCUT2D eigenvalue weighted by atomic mass is 16.3. The Bertz CT molecular complexity index is 329. The third-order valence-corrected chi connectivity index (χ3v) is 2.31. The molecule has 0 aliphatic carbocycles. The molecule has 1 unspecified atom stereocenters. The number of hydrogen-bond donors (Lipinski definition) is 1. The number of aldehydes is 1. The third kappa shape index (κ3) is 2.20. The molecule has 0 aromatic carbocycles. The number of rotatable bonds is 4. The smallest absolute Gasteiger partial charge is 0.153 e. The summed E-state index contributed by atoms with van der Waals surface area (Å²) in [6, 6.07) is 0. The van der Waals surface area contributed by atoms with Crippen LogP contribution in [0.15, 0.2) is 0 Å². The molecule has 0 bridgehead atoms. The lowest BCUT2D eigenvalue weighted by atomic mass is 10.2. The zero-order valence-corrected chi connectivity index (χ0v) is 8.82. The van der Waals surface area contributed by atoms with Crippen molar-refractivity contribution < 1.29 is 9.90 Å². The molecule has 4 heteroatoms. The van der Waals surface area contributed by atoms with Crippen molar-refractivity contribution in [3.05, 3.63) is 17.0 Å². The Labute approximate surface area is 83.5 Å². The van der Waals surface area contributed by atoms with Gasteiger partial charge in [0, 0.05) is 12.2 Å². The fourth-order valence-corrected chi connectivity index (χ4v) is 1.41. The topological polar surface area (TPSA) is 55.1 Å². The van der Waals surface area contributed by atoms with Crippen LogP contribution in [0.25, 0.3) is 0 Å². The molecule has 1 heterocycles. The van der Waals surface area contributed by atoms with Crippen molar-refractivity contribution in [2.75, 3.05) is 0 Å². The summed E-state index contributed by atoms with van der Waals surface area (Å²) in [5.74, 6) is 0. The normalized spacial score (nSPS) is 12.9. The first-order chi connectivity index (χ1) is 6.56. The fourth-order valence-electron chi connectivity index (χ4n) is 1.41. The van der Waals surface area contributed by atoms with Gasteiger partial charge in [0.2, 0.25) is 0 Å². The van der Waals surface area contributed by atoms with Gasteiger partial charge < -0.3 is 5.11 Å². The lowest BCUT2D eigenvalue weighted by Crippen LogP contribution is -2.09. The number of aryl methyl sites for hydroxylation is 2. The molecule has 1 aromatic heterocycles. The highest BCUT2D eigenvalue weighted by molar-refractivity contribution is 5.77. The molecule has 1 atom stereocenters. The molecule has 4 nitrogen and oxygen atoms in total. The molecular formula is C10H16N2O2. The Balaban J connectivity index is 2.83. The summed E-state index contributed by atoms with van der Waals surface area (Å²) < 4.78 is 1.77. The predicted molar refractivity (Wildman–Crippen MR) is 53.4 cm³/mol. The van der Waals surface area contributed by atoms with Crippen molar-refractivity contribution in [1.82, 2.24) is 9.78 Å². The first-order valence-electron chi connectivity index (χ1n) is 4.73. The van der Waals surface area contributed by atoms with Crippen LogP contribution in [0.5, 0.6) is 0 Å². The zero-order valence-electron chi connectivity index (χ0n) is 8.82. The van der Waals surface area contributed by atoms with E-state index in [0.717, 1.165) is 17.7 Å². The van der Waals surface area contributed by atoms with Gasteiger partial charge >= 0.3 is 0 Å². The molecule has 78 valence electrons. The van der Waals surface area contributed by atoms with Gasteiger partial charge in [-0.3, -0.25) is 9.48 Å². The quantitative estimate of drug-likeness (QED) is 0.733. The van der Waals surface area contributed by atoms with Crippen LogP contribution in [-0.4, -0.2) is 27.3 Å². The van der Waals surface area contributed by atoms with Crippen molar-refractivity contribution >= 4 is 6.29 Å². The number of nitrogens with zero attached hydrogens (tertiary/aromatic N) is 2. The minimum Gasteiger partial charge on any atom is -0.393 e. The second kappa shape index (κ2) is 4.37. The van der Waals surface area contributed by atoms with Crippen LogP contribution in [0.1, 0.15) is 35.1 Å². The molecule has 1 rings (SSSR count). The standard InChI is InChI=1S/C10H16N2O2/c1-7(14)4-5-12-9(3)10(6-13)8(2)11-12/h6-7,14H,4-5H2,1-3H3. The average Bonchev–Trinajstić information content (AvgIpc) is 2.38. The summed E-state index contributed by atoms with van der Waals surface area (Å²) in [6.07, 6.45) is 1.15. The van der Waals surface area contributed by atoms with Gasteiger partial charge in [-0.25, -0.2) is 0 Å². The van der Waals surface area contributed by atoms with Gasteiger partial charge in [-0.2, -0.15) is 5.10 Å². The summed E-state index contributed by atoms with van der Waals surface area (Å²) in [4.78, 5) is 10.7. The number of aliphatic hydroxyl groups excluding tert-OH is 1. The predicted octanol–water partition coefficient (Wildman–Crippen LogP) is 1.08. The van der Waals surface area contributed by atoms with E-state index in [4.69, 9.17) is 5.11 Å². The Morgan fingerprint density at radius 1 is 1.57 bits per heavy atom. The van der Waals surface area contributed by atoms with Crippen LogP contribution >= 0.6 is 0 Å².